The number of halogens is 2. The molecule has 0 saturated carbocycles. The Balaban J connectivity index is 2.18. The van der Waals surface area contributed by atoms with Gasteiger partial charge >= 0.3 is 0 Å². The summed E-state index contributed by atoms with van der Waals surface area (Å²) in [5.74, 6) is -0.230. The largest absolute Gasteiger partial charge is 0.381 e. The Morgan fingerprint density at radius 3 is 2.71 bits per heavy atom. The average molecular weight is 360 g/mol. The molecule has 2 rings (SSSR count). The second-order valence-corrected chi connectivity index (χ2v) is 6.30. The van der Waals surface area contributed by atoms with Crippen LogP contribution in [0.2, 0.25) is 0 Å². The summed E-state index contributed by atoms with van der Waals surface area (Å²) in [5.41, 5.74) is 0.881. The van der Waals surface area contributed by atoms with Crippen LogP contribution >= 0.6 is 15.9 Å². The van der Waals surface area contributed by atoms with E-state index in [0.29, 0.717) is 4.47 Å². The van der Waals surface area contributed by atoms with E-state index in [1.807, 2.05) is 12.1 Å². The summed E-state index contributed by atoms with van der Waals surface area (Å²) in [4.78, 5) is 0. The van der Waals surface area contributed by atoms with Crippen LogP contribution in [-0.4, -0.2) is 38.5 Å². The predicted molar refractivity (Wildman–Crippen MR) is 85.1 cm³/mol. The Kier molecular flexibility index (Phi) is 6.17. The SMILES string of the molecule is CCNC(Cc1ccc(F)c(Br)c1)C1(OC)CCOCC1. The Labute approximate surface area is 134 Å². The molecule has 21 heavy (non-hydrogen) atoms. The smallest absolute Gasteiger partial charge is 0.137 e. The lowest BCUT2D eigenvalue weighted by Crippen LogP contribution is -2.56. The fraction of sp³-hybridized carbons (Fsp3) is 0.625. The first-order valence-electron chi connectivity index (χ1n) is 7.41. The molecule has 1 fully saturated rings. The van der Waals surface area contributed by atoms with E-state index in [4.69, 9.17) is 9.47 Å². The van der Waals surface area contributed by atoms with Gasteiger partial charge in [0.2, 0.25) is 0 Å². The van der Waals surface area contributed by atoms with E-state index in [1.165, 1.54) is 6.07 Å². The summed E-state index contributed by atoms with van der Waals surface area (Å²) in [7, 11) is 1.77. The molecule has 0 radical (unpaired) electrons. The topological polar surface area (TPSA) is 30.5 Å². The number of methoxy groups -OCH3 is 1. The van der Waals surface area contributed by atoms with E-state index in [1.54, 1.807) is 7.11 Å². The van der Waals surface area contributed by atoms with Gasteiger partial charge < -0.3 is 14.8 Å². The molecule has 1 aliphatic rings. The lowest BCUT2D eigenvalue weighted by Gasteiger charge is -2.42. The van der Waals surface area contributed by atoms with Crippen LogP contribution < -0.4 is 5.32 Å². The van der Waals surface area contributed by atoms with Gasteiger partial charge in [-0.15, -0.1) is 0 Å². The first-order chi connectivity index (χ1) is 10.1. The van der Waals surface area contributed by atoms with E-state index in [2.05, 4.69) is 28.2 Å². The van der Waals surface area contributed by atoms with Gasteiger partial charge in [0.15, 0.2) is 0 Å². The third-order valence-corrected chi connectivity index (χ3v) is 4.86. The Hall–Kier alpha value is -0.490. The summed E-state index contributed by atoms with van der Waals surface area (Å²) in [6, 6.07) is 5.38. The molecule has 1 aromatic rings. The summed E-state index contributed by atoms with van der Waals surface area (Å²) in [5, 5.41) is 3.54. The van der Waals surface area contributed by atoms with Crippen LogP contribution in [0.4, 0.5) is 4.39 Å². The van der Waals surface area contributed by atoms with Crippen molar-refractivity contribution in [1.29, 1.82) is 0 Å². The van der Waals surface area contributed by atoms with Crippen molar-refractivity contribution in [3.8, 4) is 0 Å². The van der Waals surface area contributed by atoms with Gasteiger partial charge in [0.1, 0.15) is 5.82 Å². The first-order valence-corrected chi connectivity index (χ1v) is 8.21. The van der Waals surface area contributed by atoms with Crippen LogP contribution in [0.25, 0.3) is 0 Å². The quantitative estimate of drug-likeness (QED) is 0.845. The number of hydrogen-bond acceptors (Lipinski definition) is 3. The van der Waals surface area contributed by atoms with Crippen LogP contribution in [0.3, 0.4) is 0 Å². The predicted octanol–water partition coefficient (Wildman–Crippen LogP) is 3.30. The van der Waals surface area contributed by atoms with E-state index in [9.17, 15) is 4.39 Å². The number of hydrogen-bond donors (Lipinski definition) is 1. The fourth-order valence-electron chi connectivity index (χ4n) is 3.00. The third-order valence-electron chi connectivity index (χ3n) is 4.26. The molecular weight excluding hydrogens is 337 g/mol. The van der Waals surface area contributed by atoms with Gasteiger partial charge in [0.05, 0.1) is 10.1 Å². The van der Waals surface area contributed by atoms with E-state index < -0.39 is 0 Å². The highest BCUT2D eigenvalue weighted by atomic mass is 79.9. The molecule has 1 unspecified atom stereocenters. The van der Waals surface area contributed by atoms with Crippen molar-refractivity contribution in [2.75, 3.05) is 26.9 Å². The number of benzene rings is 1. The molecule has 0 amide bonds. The summed E-state index contributed by atoms with van der Waals surface area (Å²) in [6.45, 7) is 4.42. The summed E-state index contributed by atoms with van der Waals surface area (Å²) in [6.07, 6.45) is 2.56. The Morgan fingerprint density at radius 1 is 1.43 bits per heavy atom. The standard InChI is InChI=1S/C16H23BrFNO2/c1-3-19-15(16(20-2)6-8-21-9-7-16)11-12-4-5-14(18)13(17)10-12/h4-5,10,15,19H,3,6-9,11H2,1-2H3. The van der Waals surface area contributed by atoms with Crippen LogP contribution in [0, 0.1) is 5.82 Å². The van der Waals surface area contributed by atoms with Crippen molar-refractivity contribution in [1.82, 2.24) is 5.32 Å². The van der Waals surface area contributed by atoms with Gasteiger partial charge in [-0.1, -0.05) is 13.0 Å². The maximum atomic E-state index is 13.4. The lowest BCUT2D eigenvalue weighted by molar-refractivity contribution is -0.110. The normalized spacial score (nSPS) is 19.4. The highest BCUT2D eigenvalue weighted by molar-refractivity contribution is 9.10. The molecule has 0 aliphatic carbocycles. The molecule has 118 valence electrons. The molecule has 3 nitrogen and oxygen atoms in total. The maximum Gasteiger partial charge on any atom is 0.137 e. The van der Waals surface area contributed by atoms with Crippen LogP contribution in [0.1, 0.15) is 25.3 Å². The van der Waals surface area contributed by atoms with Crippen molar-refractivity contribution < 1.29 is 13.9 Å². The zero-order valence-corrected chi connectivity index (χ0v) is 14.2. The van der Waals surface area contributed by atoms with Gasteiger partial charge in [-0.3, -0.25) is 0 Å². The molecular formula is C16H23BrFNO2. The minimum atomic E-state index is -0.230. The molecule has 0 bridgehead atoms. The Morgan fingerprint density at radius 2 is 2.14 bits per heavy atom. The van der Waals surface area contributed by atoms with Gasteiger partial charge in [-0.2, -0.15) is 0 Å². The Bertz CT molecular complexity index is 464. The number of nitrogens with one attached hydrogen (secondary N) is 1. The van der Waals surface area contributed by atoms with Crippen LogP contribution in [0.15, 0.2) is 22.7 Å². The average Bonchev–Trinajstić information content (AvgIpc) is 2.51. The molecule has 1 atom stereocenters. The molecule has 1 saturated heterocycles. The molecule has 1 aliphatic heterocycles. The zero-order valence-electron chi connectivity index (χ0n) is 12.6. The van der Waals surface area contributed by atoms with Crippen LogP contribution in [0.5, 0.6) is 0 Å². The van der Waals surface area contributed by atoms with Gasteiger partial charge in [-0.25, -0.2) is 4.39 Å². The van der Waals surface area contributed by atoms with Crippen molar-refractivity contribution in [2.45, 2.75) is 37.8 Å². The minimum Gasteiger partial charge on any atom is -0.381 e. The minimum absolute atomic E-state index is 0.189. The van der Waals surface area contributed by atoms with Crippen molar-refractivity contribution in [3.63, 3.8) is 0 Å². The molecule has 1 aromatic carbocycles. The van der Waals surface area contributed by atoms with E-state index in [0.717, 1.165) is 44.6 Å². The highest BCUT2D eigenvalue weighted by Crippen LogP contribution is 2.31. The van der Waals surface area contributed by atoms with Crippen LogP contribution in [-0.2, 0) is 15.9 Å². The van der Waals surface area contributed by atoms with Crippen molar-refractivity contribution in [3.05, 3.63) is 34.1 Å². The molecule has 0 aromatic heterocycles. The lowest BCUT2D eigenvalue weighted by atomic mass is 9.82. The first kappa shape index (κ1) is 16.9. The van der Waals surface area contributed by atoms with Gasteiger partial charge in [0, 0.05) is 39.2 Å². The highest BCUT2D eigenvalue weighted by Gasteiger charge is 2.40. The number of likely N-dealkylation sites (N-methyl/N-ethyl adjacent to an activating group) is 1. The molecule has 1 heterocycles. The summed E-state index contributed by atoms with van der Waals surface area (Å²) < 4.78 is 25.3. The second kappa shape index (κ2) is 7.68. The number of rotatable bonds is 6. The molecule has 0 spiro atoms. The van der Waals surface area contributed by atoms with E-state index in [-0.39, 0.29) is 17.5 Å². The fourth-order valence-corrected chi connectivity index (χ4v) is 3.43. The second-order valence-electron chi connectivity index (χ2n) is 5.44. The molecule has 5 heteroatoms. The molecule has 1 N–H and O–H groups in total. The van der Waals surface area contributed by atoms with Gasteiger partial charge in [0.25, 0.3) is 0 Å². The number of ether oxygens (including phenoxy) is 2. The van der Waals surface area contributed by atoms with Gasteiger partial charge in [-0.05, 0) is 46.6 Å². The van der Waals surface area contributed by atoms with Crippen molar-refractivity contribution >= 4 is 15.9 Å². The zero-order chi connectivity index (χ0) is 15.3. The maximum absolute atomic E-state index is 13.4. The monoisotopic (exact) mass is 359 g/mol. The van der Waals surface area contributed by atoms with E-state index >= 15 is 0 Å². The van der Waals surface area contributed by atoms with Crippen molar-refractivity contribution in [2.24, 2.45) is 0 Å². The third kappa shape index (κ3) is 4.03. The summed E-state index contributed by atoms with van der Waals surface area (Å²) >= 11 is 3.25.